The number of carbonyl (C=O) groups is 2. The minimum atomic E-state index is -0.436. The van der Waals surface area contributed by atoms with Crippen molar-refractivity contribution in [2.24, 2.45) is 4.99 Å². The SMILES string of the molecule is CC(C)N=C1S[C@@H](CC(=O)Nc2ccc(Br)cc2Br)C(=O)N1C(C)C. The highest BCUT2D eigenvalue weighted by atomic mass is 79.9. The van der Waals surface area contributed by atoms with Crippen LogP contribution in [0.15, 0.2) is 32.1 Å². The van der Waals surface area contributed by atoms with E-state index < -0.39 is 5.25 Å². The van der Waals surface area contributed by atoms with Gasteiger partial charge in [-0.3, -0.25) is 19.5 Å². The van der Waals surface area contributed by atoms with E-state index in [4.69, 9.17) is 0 Å². The van der Waals surface area contributed by atoms with Crippen LogP contribution in [0.25, 0.3) is 0 Å². The van der Waals surface area contributed by atoms with Gasteiger partial charge in [-0.15, -0.1) is 0 Å². The number of hydrogen-bond acceptors (Lipinski definition) is 4. The average Bonchev–Trinajstić information content (AvgIpc) is 2.77. The molecule has 1 saturated heterocycles. The molecule has 5 nitrogen and oxygen atoms in total. The highest BCUT2D eigenvalue weighted by Crippen LogP contribution is 2.32. The van der Waals surface area contributed by atoms with Crippen molar-refractivity contribution < 1.29 is 9.59 Å². The third-order valence-corrected chi connectivity index (χ3v) is 5.74. The van der Waals surface area contributed by atoms with Gasteiger partial charge in [0.15, 0.2) is 5.17 Å². The first-order chi connectivity index (χ1) is 11.7. The monoisotopic (exact) mass is 489 g/mol. The second-order valence-corrected chi connectivity index (χ2v) is 9.23. The van der Waals surface area contributed by atoms with Gasteiger partial charge in [0.25, 0.3) is 0 Å². The lowest BCUT2D eigenvalue weighted by atomic mass is 10.2. The fourth-order valence-corrected chi connectivity index (χ4v) is 4.90. The highest BCUT2D eigenvalue weighted by molar-refractivity contribution is 9.11. The van der Waals surface area contributed by atoms with E-state index in [-0.39, 0.29) is 30.3 Å². The van der Waals surface area contributed by atoms with Gasteiger partial charge < -0.3 is 5.32 Å². The second kappa shape index (κ2) is 8.68. The van der Waals surface area contributed by atoms with Crippen LogP contribution in [0.4, 0.5) is 5.69 Å². The molecule has 136 valence electrons. The molecule has 1 heterocycles. The number of halogens is 2. The average molecular weight is 491 g/mol. The first-order valence-electron chi connectivity index (χ1n) is 8.01. The van der Waals surface area contributed by atoms with Gasteiger partial charge in [0.2, 0.25) is 11.8 Å². The summed E-state index contributed by atoms with van der Waals surface area (Å²) in [6, 6.07) is 5.64. The number of amidine groups is 1. The molecule has 1 atom stereocenters. The molecule has 1 N–H and O–H groups in total. The number of amides is 2. The molecule has 0 saturated carbocycles. The maximum atomic E-state index is 12.7. The number of rotatable bonds is 5. The van der Waals surface area contributed by atoms with Crippen molar-refractivity contribution >= 4 is 66.3 Å². The number of aliphatic imine (C=N–C) groups is 1. The number of hydrogen-bond donors (Lipinski definition) is 1. The number of anilines is 1. The second-order valence-electron chi connectivity index (χ2n) is 6.29. The zero-order valence-corrected chi connectivity index (χ0v) is 18.5. The van der Waals surface area contributed by atoms with E-state index >= 15 is 0 Å². The largest absolute Gasteiger partial charge is 0.325 e. The Balaban J connectivity index is 2.09. The first-order valence-corrected chi connectivity index (χ1v) is 10.5. The Morgan fingerprint density at radius 2 is 2.00 bits per heavy atom. The number of benzene rings is 1. The standard InChI is InChI=1S/C17H21Br2N3O2S/c1-9(2)20-17-22(10(3)4)16(24)14(25-17)8-15(23)21-13-6-5-11(18)7-12(13)19/h5-7,9-10,14H,8H2,1-4H3,(H,21,23)/t14-/m0/s1. The Morgan fingerprint density at radius 3 is 2.56 bits per heavy atom. The number of nitrogens with zero attached hydrogens (tertiary/aromatic N) is 2. The Morgan fingerprint density at radius 1 is 1.32 bits per heavy atom. The Labute approximate surface area is 169 Å². The van der Waals surface area contributed by atoms with Crippen molar-refractivity contribution in [3.8, 4) is 0 Å². The predicted molar refractivity (Wildman–Crippen MR) is 111 cm³/mol. The molecule has 8 heteroatoms. The molecular weight excluding hydrogens is 470 g/mol. The van der Waals surface area contributed by atoms with Crippen LogP contribution in [0.2, 0.25) is 0 Å². The lowest BCUT2D eigenvalue weighted by Gasteiger charge is -2.21. The summed E-state index contributed by atoms with van der Waals surface area (Å²) in [6.45, 7) is 7.86. The van der Waals surface area contributed by atoms with E-state index in [9.17, 15) is 9.59 Å². The lowest BCUT2D eigenvalue weighted by Crippen LogP contribution is -2.38. The van der Waals surface area contributed by atoms with Crippen molar-refractivity contribution in [2.75, 3.05) is 5.32 Å². The van der Waals surface area contributed by atoms with Gasteiger partial charge in [-0.25, -0.2) is 0 Å². The third-order valence-electron chi connectivity index (χ3n) is 3.43. The summed E-state index contributed by atoms with van der Waals surface area (Å²) in [5.74, 6) is -0.243. The zero-order chi connectivity index (χ0) is 18.7. The van der Waals surface area contributed by atoms with Crippen molar-refractivity contribution in [3.63, 3.8) is 0 Å². The molecule has 0 spiro atoms. The molecule has 25 heavy (non-hydrogen) atoms. The van der Waals surface area contributed by atoms with Crippen LogP contribution in [0.1, 0.15) is 34.1 Å². The molecule has 0 aliphatic carbocycles. The van der Waals surface area contributed by atoms with E-state index in [0.717, 1.165) is 8.95 Å². The van der Waals surface area contributed by atoms with Crippen LogP contribution in [0.5, 0.6) is 0 Å². The molecule has 0 radical (unpaired) electrons. The van der Waals surface area contributed by atoms with E-state index in [1.54, 1.807) is 4.90 Å². The van der Waals surface area contributed by atoms with E-state index in [1.165, 1.54) is 11.8 Å². The summed E-state index contributed by atoms with van der Waals surface area (Å²) in [4.78, 5) is 31.3. The maximum Gasteiger partial charge on any atom is 0.242 e. The molecule has 1 aromatic carbocycles. The van der Waals surface area contributed by atoms with Gasteiger partial charge in [-0.1, -0.05) is 27.7 Å². The summed E-state index contributed by atoms with van der Waals surface area (Å²) in [7, 11) is 0. The van der Waals surface area contributed by atoms with E-state index in [1.807, 2.05) is 45.9 Å². The Bertz CT molecular complexity index is 707. The van der Waals surface area contributed by atoms with Crippen LogP contribution in [-0.4, -0.2) is 39.2 Å². The zero-order valence-electron chi connectivity index (χ0n) is 14.5. The van der Waals surface area contributed by atoms with E-state index in [2.05, 4.69) is 42.2 Å². The summed E-state index contributed by atoms with van der Waals surface area (Å²) in [6.07, 6.45) is 0.117. The van der Waals surface area contributed by atoms with Crippen LogP contribution >= 0.6 is 43.6 Å². The molecular formula is C17H21Br2N3O2S. The fraction of sp³-hybridized carbons (Fsp3) is 0.471. The third kappa shape index (κ3) is 5.31. The summed E-state index contributed by atoms with van der Waals surface area (Å²) in [5, 5.41) is 3.12. The van der Waals surface area contributed by atoms with Gasteiger partial charge in [-0.2, -0.15) is 0 Å². The summed E-state index contributed by atoms with van der Waals surface area (Å²) >= 11 is 8.17. The maximum absolute atomic E-state index is 12.7. The molecule has 0 unspecified atom stereocenters. The molecule has 1 aromatic rings. The number of carbonyl (C=O) groups excluding carboxylic acids is 2. The predicted octanol–water partition coefficient (Wildman–Crippen LogP) is 4.66. The molecule has 0 aromatic heterocycles. The Hall–Kier alpha value is -0.860. The van der Waals surface area contributed by atoms with Gasteiger partial charge >= 0.3 is 0 Å². The van der Waals surface area contributed by atoms with Gasteiger partial charge in [0.1, 0.15) is 5.25 Å². The van der Waals surface area contributed by atoms with Crippen molar-refractivity contribution in [1.82, 2.24) is 4.90 Å². The molecule has 1 fully saturated rings. The topological polar surface area (TPSA) is 61.8 Å². The Kier molecular flexibility index (Phi) is 7.10. The first kappa shape index (κ1) is 20.5. The molecule has 1 aliphatic rings. The normalized spacial score (nSPS) is 19.4. The summed E-state index contributed by atoms with van der Waals surface area (Å²) < 4.78 is 1.70. The molecule has 0 bridgehead atoms. The van der Waals surface area contributed by atoms with Crippen molar-refractivity contribution in [1.29, 1.82) is 0 Å². The summed E-state index contributed by atoms with van der Waals surface area (Å²) in [5.41, 5.74) is 0.681. The molecule has 1 aliphatic heterocycles. The molecule has 2 amide bonds. The lowest BCUT2D eigenvalue weighted by molar-refractivity contribution is -0.129. The highest BCUT2D eigenvalue weighted by Gasteiger charge is 2.40. The quantitative estimate of drug-likeness (QED) is 0.652. The number of thioether (sulfide) groups is 1. The van der Waals surface area contributed by atoms with Gasteiger partial charge in [0, 0.05) is 27.4 Å². The minimum absolute atomic E-state index is 0.0196. The van der Waals surface area contributed by atoms with Gasteiger partial charge in [-0.05, 0) is 61.8 Å². The van der Waals surface area contributed by atoms with Crippen molar-refractivity contribution in [2.45, 2.75) is 51.4 Å². The van der Waals surface area contributed by atoms with Crippen molar-refractivity contribution in [3.05, 3.63) is 27.1 Å². The van der Waals surface area contributed by atoms with E-state index in [0.29, 0.717) is 10.9 Å². The van der Waals surface area contributed by atoms with Crippen LogP contribution in [0, 0.1) is 0 Å². The smallest absolute Gasteiger partial charge is 0.242 e. The van der Waals surface area contributed by atoms with Gasteiger partial charge in [0.05, 0.1) is 5.69 Å². The molecule has 2 rings (SSSR count). The van der Waals surface area contributed by atoms with Crippen LogP contribution < -0.4 is 5.32 Å². The van der Waals surface area contributed by atoms with Crippen LogP contribution in [0.3, 0.4) is 0 Å². The minimum Gasteiger partial charge on any atom is -0.325 e. The fourth-order valence-electron chi connectivity index (χ4n) is 2.36. The van der Waals surface area contributed by atoms with Crippen LogP contribution in [-0.2, 0) is 9.59 Å². The number of nitrogens with one attached hydrogen (secondary N) is 1.